The number of nitrogens with zero attached hydrogens (tertiary/aromatic N) is 1. The Bertz CT molecular complexity index is 442. The number of carboxylic acid groups (broad SMARTS) is 1. The predicted octanol–water partition coefficient (Wildman–Crippen LogP) is 1.94. The lowest BCUT2D eigenvalue weighted by Gasteiger charge is -2.34. The molecule has 1 saturated carbocycles. The summed E-state index contributed by atoms with van der Waals surface area (Å²) in [6.07, 6.45) is 6.02. The van der Waals surface area contributed by atoms with Crippen LogP contribution >= 0.6 is 0 Å². The van der Waals surface area contributed by atoms with Gasteiger partial charge in [-0.3, -0.25) is 4.79 Å². The maximum Gasteiger partial charge on any atom is 0.307 e. The van der Waals surface area contributed by atoms with Crippen LogP contribution in [0.4, 0.5) is 0 Å². The molecule has 6 heteroatoms. The SMILES string of the molecule is CC1CC(C(=O)O)CN(S(=O)(=O)CCC2CCCC2)C1. The fourth-order valence-electron chi connectivity index (χ4n) is 3.45. The number of rotatable bonds is 5. The molecule has 1 aliphatic carbocycles. The van der Waals surface area contributed by atoms with Crippen LogP contribution in [0.1, 0.15) is 45.4 Å². The van der Waals surface area contributed by atoms with Crippen LogP contribution in [-0.4, -0.2) is 42.6 Å². The molecular weight excluding hydrogens is 278 g/mol. The highest BCUT2D eigenvalue weighted by Crippen LogP contribution is 2.29. The highest BCUT2D eigenvalue weighted by molar-refractivity contribution is 7.89. The first-order chi connectivity index (χ1) is 9.38. The van der Waals surface area contributed by atoms with E-state index in [4.69, 9.17) is 5.11 Å². The van der Waals surface area contributed by atoms with E-state index in [-0.39, 0.29) is 18.2 Å². The standard InChI is InChI=1S/C14H25NO4S/c1-11-8-13(14(16)17)10-15(9-11)20(18,19)7-6-12-4-2-3-5-12/h11-13H,2-10H2,1H3,(H,16,17). The molecule has 0 aromatic carbocycles. The van der Waals surface area contributed by atoms with Crippen LogP contribution < -0.4 is 0 Å². The molecule has 0 spiro atoms. The van der Waals surface area contributed by atoms with Gasteiger partial charge in [0.2, 0.25) is 10.0 Å². The van der Waals surface area contributed by atoms with E-state index in [9.17, 15) is 13.2 Å². The van der Waals surface area contributed by atoms with Crippen molar-refractivity contribution in [3.63, 3.8) is 0 Å². The largest absolute Gasteiger partial charge is 0.481 e. The fraction of sp³-hybridized carbons (Fsp3) is 0.929. The second-order valence-corrected chi connectivity index (χ2v) is 8.54. The maximum absolute atomic E-state index is 12.4. The van der Waals surface area contributed by atoms with Gasteiger partial charge in [-0.25, -0.2) is 12.7 Å². The second-order valence-electron chi connectivity index (χ2n) is 6.45. The van der Waals surface area contributed by atoms with Gasteiger partial charge in [-0.05, 0) is 24.7 Å². The van der Waals surface area contributed by atoms with Crippen LogP contribution in [0.2, 0.25) is 0 Å². The molecular formula is C14H25NO4S. The maximum atomic E-state index is 12.4. The topological polar surface area (TPSA) is 74.7 Å². The highest BCUT2D eigenvalue weighted by Gasteiger charge is 2.35. The van der Waals surface area contributed by atoms with Gasteiger partial charge in [-0.15, -0.1) is 0 Å². The molecule has 0 amide bonds. The average molecular weight is 303 g/mol. The molecule has 20 heavy (non-hydrogen) atoms. The number of hydrogen-bond donors (Lipinski definition) is 1. The van der Waals surface area contributed by atoms with Gasteiger partial charge in [0.05, 0.1) is 11.7 Å². The monoisotopic (exact) mass is 303 g/mol. The van der Waals surface area contributed by atoms with E-state index in [1.165, 1.54) is 17.1 Å². The highest BCUT2D eigenvalue weighted by atomic mass is 32.2. The molecule has 0 bridgehead atoms. The zero-order valence-corrected chi connectivity index (χ0v) is 12.9. The Morgan fingerprint density at radius 3 is 2.50 bits per heavy atom. The van der Waals surface area contributed by atoms with Crippen molar-refractivity contribution in [1.29, 1.82) is 0 Å². The van der Waals surface area contributed by atoms with Crippen LogP contribution in [0.5, 0.6) is 0 Å². The van der Waals surface area contributed by atoms with E-state index in [0.717, 1.165) is 19.3 Å². The van der Waals surface area contributed by atoms with Crippen LogP contribution in [0.15, 0.2) is 0 Å². The Labute approximate surface area is 121 Å². The Morgan fingerprint density at radius 2 is 1.90 bits per heavy atom. The molecule has 2 unspecified atom stereocenters. The smallest absolute Gasteiger partial charge is 0.307 e. The third-order valence-corrected chi connectivity index (χ3v) is 6.46. The molecule has 1 aliphatic heterocycles. The van der Waals surface area contributed by atoms with E-state index >= 15 is 0 Å². The Morgan fingerprint density at radius 1 is 1.25 bits per heavy atom. The van der Waals surface area contributed by atoms with Crippen molar-refractivity contribution in [2.24, 2.45) is 17.8 Å². The predicted molar refractivity (Wildman–Crippen MR) is 76.8 cm³/mol. The number of sulfonamides is 1. The molecule has 2 atom stereocenters. The average Bonchev–Trinajstić information content (AvgIpc) is 2.89. The van der Waals surface area contributed by atoms with Crippen molar-refractivity contribution in [3.05, 3.63) is 0 Å². The van der Waals surface area contributed by atoms with Gasteiger partial charge < -0.3 is 5.11 Å². The van der Waals surface area contributed by atoms with Gasteiger partial charge in [0.25, 0.3) is 0 Å². The molecule has 1 heterocycles. The fourth-order valence-corrected chi connectivity index (χ4v) is 5.23. The number of piperidine rings is 1. The second kappa shape index (κ2) is 6.43. The van der Waals surface area contributed by atoms with Crippen molar-refractivity contribution in [1.82, 2.24) is 4.31 Å². The van der Waals surface area contributed by atoms with E-state index < -0.39 is 21.9 Å². The van der Waals surface area contributed by atoms with Crippen LogP contribution in [0, 0.1) is 17.8 Å². The van der Waals surface area contributed by atoms with Crippen LogP contribution in [0.25, 0.3) is 0 Å². The lowest BCUT2D eigenvalue weighted by molar-refractivity contribution is -0.143. The minimum atomic E-state index is -3.30. The third kappa shape index (κ3) is 3.95. The first kappa shape index (κ1) is 15.8. The van der Waals surface area contributed by atoms with Crippen molar-refractivity contribution in [2.45, 2.75) is 45.4 Å². The molecule has 0 aromatic heterocycles. The van der Waals surface area contributed by atoms with Crippen LogP contribution in [0.3, 0.4) is 0 Å². The molecule has 5 nitrogen and oxygen atoms in total. The van der Waals surface area contributed by atoms with Gasteiger partial charge in [0.15, 0.2) is 0 Å². The van der Waals surface area contributed by atoms with Gasteiger partial charge in [0, 0.05) is 13.1 Å². The van der Waals surface area contributed by atoms with Crippen molar-refractivity contribution < 1.29 is 18.3 Å². The quantitative estimate of drug-likeness (QED) is 0.842. The summed E-state index contributed by atoms with van der Waals surface area (Å²) >= 11 is 0. The van der Waals surface area contributed by atoms with Gasteiger partial charge in [-0.1, -0.05) is 32.6 Å². The van der Waals surface area contributed by atoms with Gasteiger partial charge in [-0.2, -0.15) is 0 Å². The minimum Gasteiger partial charge on any atom is -0.481 e. The number of carbonyl (C=O) groups is 1. The number of aliphatic carboxylic acids is 1. The summed E-state index contributed by atoms with van der Waals surface area (Å²) in [6, 6.07) is 0. The lowest BCUT2D eigenvalue weighted by Crippen LogP contribution is -2.46. The zero-order chi connectivity index (χ0) is 14.8. The van der Waals surface area contributed by atoms with Crippen molar-refractivity contribution in [3.8, 4) is 0 Å². The molecule has 1 saturated heterocycles. The summed E-state index contributed by atoms with van der Waals surface area (Å²) in [6.45, 7) is 2.54. The summed E-state index contributed by atoms with van der Waals surface area (Å²) in [5, 5.41) is 9.12. The normalized spacial score (nSPS) is 29.6. The van der Waals surface area contributed by atoms with Crippen molar-refractivity contribution >= 4 is 16.0 Å². The van der Waals surface area contributed by atoms with Crippen LogP contribution in [-0.2, 0) is 14.8 Å². The first-order valence-corrected chi connectivity index (χ1v) is 9.20. The summed E-state index contributed by atoms with van der Waals surface area (Å²) in [5.74, 6) is -0.600. The lowest BCUT2D eigenvalue weighted by atomic mass is 9.92. The number of carboxylic acids is 1. The Hall–Kier alpha value is -0.620. The summed E-state index contributed by atoms with van der Waals surface area (Å²) in [7, 11) is -3.30. The molecule has 2 aliphatic rings. The van der Waals surface area contributed by atoms with E-state index in [1.807, 2.05) is 6.92 Å². The Kier molecular flexibility index (Phi) is 5.07. The molecule has 2 fully saturated rings. The van der Waals surface area contributed by atoms with E-state index in [2.05, 4.69) is 0 Å². The Balaban J connectivity index is 1.94. The first-order valence-electron chi connectivity index (χ1n) is 7.59. The summed E-state index contributed by atoms with van der Waals surface area (Å²) in [4.78, 5) is 11.1. The number of hydrogen-bond acceptors (Lipinski definition) is 3. The molecule has 1 N–H and O–H groups in total. The summed E-state index contributed by atoms with van der Waals surface area (Å²) < 4.78 is 26.2. The molecule has 116 valence electrons. The van der Waals surface area contributed by atoms with Crippen molar-refractivity contribution in [2.75, 3.05) is 18.8 Å². The molecule has 2 rings (SSSR count). The molecule has 0 aromatic rings. The minimum absolute atomic E-state index is 0.117. The van der Waals surface area contributed by atoms with E-state index in [0.29, 0.717) is 18.9 Å². The summed E-state index contributed by atoms with van der Waals surface area (Å²) in [5.41, 5.74) is 0. The van der Waals surface area contributed by atoms with Gasteiger partial charge >= 0.3 is 5.97 Å². The van der Waals surface area contributed by atoms with E-state index in [1.54, 1.807) is 0 Å². The third-order valence-electron chi connectivity index (χ3n) is 4.63. The zero-order valence-electron chi connectivity index (χ0n) is 12.1. The van der Waals surface area contributed by atoms with Gasteiger partial charge in [0.1, 0.15) is 0 Å². The molecule has 0 radical (unpaired) electrons.